The predicted molar refractivity (Wildman–Crippen MR) is 96.5 cm³/mol. The van der Waals surface area contributed by atoms with E-state index in [0.717, 1.165) is 36.9 Å². The second-order valence-corrected chi connectivity index (χ2v) is 7.35. The second kappa shape index (κ2) is 7.04. The van der Waals surface area contributed by atoms with Crippen LogP contribution >= 0.6 is 0 Å². The highest BCUT2D eigenvalue weighted by Crippen LogP contribution is 2.39. The van der Waals surface area contributed by atoms with Crippen LogP contribution in [-0.4, -0.2) is 60.6 Å². The van der Waals surface area contributed by atoms with Crippen LogP contribution in [0.4, 0.5) is 10.5 Å². The van der Waals surface area contributed by atoms with Gasteiger partial charge < -0.3 is 19.9 Å². The van der Waals surface area contributed by atoms with Crippen LogP contribution in [0.2, 0.25) is 0 Å². The fourth-order valence-corrected chi connectivity index (χ4v) is 3.69. The van der Waals surface area contributed by atoms with Crippen LogP contribution in [0.3, 0.4) is 0 Å². The highest BCUT2D eigenvalue weighted by atomic mass is 16.5. The Hall–Kier alpha value is -2.08. The standard InChI is InChI=1S/C19H27N3O3/c1-14-5-4-6-15(13-14)20-18(24)22-11-9-19(10-12-22)8-7-16(25-19)17(23)21(2)3/h4-6,13,16H,7-12H2,1-3H3,(H,20,24)/t16-/m1/s1. The molecular formula is C19H27N3O3. The fourth-order valence-electron chi connectivity index (χ4n) is 3.69. The minimum absolute atomic E-state index is 0.0384. The Balaban J connectivity index is 1.53. The maximum Gasteiger partial charge on any atom is 0.321 e. The molecule has 6 nitrogen and oxygen atoms in total. The van der Waals surface area contributed by atoms with Gasteiger partial charge in [0.15, 0.2) is 0 Å². The van der Waals surface area contributed by atoms with Crippen molar-refractivity contribution >= 4 is 17.6 Å². The number of anilines is 1. The normalized spacial score (nSPS) is 22.0. The number of carbonyl (C=O) groups is 2. The molecule has 0 aromatic heterocycles. The number of likely N-dealkylation sites (N-methyl/N-ethyl adjacent to an activating group) is 1. The third-order valence-corrected chi connectivity index (χ3v) is 5.20. The van der Waals surface area contributed by atoms with Crippen LogP contribution in [0, 0.1) is 6.92 Å². The van der Waals surface area contributed by atoms with Gasteiger partial charge in [-0.25, -0.2) is 4.79 Å². The maximum atomic E-state index is 12.5. The lowest BCUT2D eigenvalue weighted by Crippen LogP contribution is -2.48. The molecule has 2 saturated heterocycles. The van der Waals surface area contributed by atoms with E-state index in [9.17, 15) is 9.59 Å². The Morgan fingerprint density at radius 3 is 2.60 bits per heavy atom. The first-order valence-electron chi connectivity index (χ1n) is 8.90. The van der Waals surface area contributed by atoms with E-state index in [1.807, 2.05) is 36.1 Å². The van der Waals surface area contributed by atoms with E-state index in [-0.39, 0.29) is 23.6 Å². The number of likely N-dealkylation sites (tertiary alicyclic amines) is 1. The third-order valence-electron chi connectivity index (χ3n) is 5.20. The predicted octanol–water partition coefficient (Wildman–Crippen LogP) is 2.63. The van der Waals surface area contributed by atoms with E-state index < -0.39 is 0 Å². The number of nitrogens with one attached hydrogen (secondary N) is 1. The Labute approximate surface area is 149 Å². The maximum absolute atomic E-state index is 12.5. The number of hydrogen-bond acceptors (Lipinski definition) is 3. The van der Waals surface area contributed by atoms with Crippen LogP contribution in [0.5, 0.6) is 0 Å². The van der Waals surface area contributed by atoms with Crippen LogP contribution < -0.4 is 5.32 Å². The van der Waals surface area contributed by atoms with Gasteiger partial charge in [-0.1, -0.05) is 12.1 Å². The van der Waals surface area contributed by atoms with Crippen molar-refractivity contribution in [2.45, 2.75) is 44.3 Å². The Morgan fingerprint density at radius 2 is 1.96 bits per heavy atom. The van der Waals surface area contributed by atoms with Gasteiger partial charge in [-0.3, -0.25) is 4.79 Å². The smallest absolute Gasteiger partial charge is 0.321 e. The molecule has 2 aliphatic rings. The minimum Gasteiger partial charge on any atom is -0.362 e. The van der Waals surface area contributed by atoms with Crippen LogP contribution in [-0.2, 0) is 9.53 Å². The summed E-state index contributed by atoms with van der Waals surface area (Å²) >= 11 is 0. The van der Waals surface area contributed by atoms with E-state index in [0.29, 0.717) is 13.1 Å². The molecule has 3 rings (SSSR count). The molecule has 0 radical (unpaired) electrons. The zero-order chi connectivity index (χ0) is 18.0. The number of piperidine rings is 1. The summed E-state index contributed by atoms with van der Waals surface area (Å²) in [5.41, 5.74) is 1.70. The average Bonchev–Trinajstić information content (AvgIpc) is 2.98. The third kappa shape index (κ3) is 3.95. The van der Waals surface area contributed by atoms with Crippen molar-refractivity contribution in [3.05, 3.63) is 29.8 Å². The summed E-state index contributed by atoms with van der Waals surface area (Å²) in [4.78, 5) is 28.0. The van der Waals surface area contributed by atoms with Crippen molar-refractivity contribution in [1.82, 2.24) is 9.80 Å². The number of ether oxygens (including phenoxy) is 1. The molecule has 1 atom stereocenters. The number of carbonyl (C=O) groups excluding carboxylic acids is 2. The van der Waals surface area contributed by atoms with Gasteiger partial charge in [-0.2, -0.15) is 0 Å². The molecule has 25 heavy (non-hydrogen) atoms. The SMILES string of the molecule is Cc1cccc(NC(=O)N2CCC3(CC[C@H](C(=O)N(C)C)O3)CC2)c1. The molecule has 0 saturated carbocycles. The number of benzene rings is 1. The summed E-state index contributed by atoms with van der Waals surface area (Å²) in [5.74, 6) is 0.0384. The lowest BCUT2D eigenvalue weighted by Gasteiger charge is -2.39. The van der Waals surface area contributed by atoms with Gasteiger partial charge in [0.25, 0.3) is 5.91 Å². The van der Waals surface area contributed by atoms with Crippen LogP contribution in [0.15, 0.2) is 24.3 Å². The molecule has 2 heterocycles. The molecule has 3 amide bonds. The first kappa shape index (κ1) is 17.7. The largest absolute Gasteiger partial charge is 0.362 e. The van der Waals surface area contributed by atoms with Gasteiger partial charge in [0, 0.05) is 32.9 Å². The molecule has 0 unspecified atom stereocenters. The molecule has 2 aliphatic heterocycles. The van der Waals surface area contributed by atoms with Gasteiger partial charge in [-0.15, -0.1) is 0 Å². The van der Waals surface area contributed by atoms with E-state index in [2.05, 4.69) is 5.32 Å². The van der Waals surface area contributed by atoms with Crippen molar-refractivity contribution in [3.8, 4) is 0 Å². The Kier molecular flexibility index (Phi) is 4.99. The average molecular weight is 345 g/mol. The zero-order valence-corrected chi connectivity index (χ0v) is 15.2. The van der Waals surface area contributed by atoms with Gasteiger partial charge in [0.2, 0.25) is 0 Å². The van der Waals surface area contributed by atoms with Crippen molar-refractivity contribution in [3.63, 3.8) is 0 Å². The monoisotopic (exact) mass is 345 g/mol. The van der Waals surface area contributed by atoms with Crippen LogP contribution in [0.25, 0.3) is 0 Å². The summed E-state index contributed by atoms with van der Waals surface area (Å²) in [6.07, 6.45) is 2.90. The van der Waals surface area contributed by atoms with E-state index in [4.69, 9.17) is 4.74 Å². The van der Waals surface area contributed by atoms with E-state index in [1.165, 1.54) is 0 Å². The molecule has 1 N–H and O–H groups in total. The van der Waals surface area contributed by atoms with Gasteiger partial charge >= 0.3 is 6.03 Å². The highest BCUT2D eigenvalue weighted by Gasteiger charge is 2.45. The number of aryl methyl sites for hydroxylation is 1. The summed E-state index contributed by atoms with van der Waals surface area (Å²) in [6, 6.07) is 7.72. The molecule has 1 aromatic carbocycles. The van der Waals surface area contributed by atoms with Gasteiger partial charge in [0.05, 0.1) is 5.60 Å². The Morgan fingerprint density at radius 1 is 1.24 bits per heavy atom. The van der Waals surface area contributed by atoms with Crippen molar-refractivity contribution in [2.24, 2.45) is 0 Å². The van der Waals surface area contributed by atoms with Gasteiger partial charge in [-0.05, 0) is 50.3 Å². The molecule has 6 heteroatoms. The fraction of sp³-hybridized carbons (Fsp3) is 0.579. The minimum atomic E-state index is -0.331. The van der Waals surface area contributed by atoms with Crippen molar-refractivity contribution in [1.29, 1.82) is 0 Å². The molecular weight excluding hydrogens is 318 g/mol. The number of nitrogens with zero attached hydrogens (tertiary/aromatic N) is 2. The first-order chi connectivity index (χ1) is 11.9. The zero-order valence-electron chi connectivity index (χ0n) is 15.2. The van der Waals surface area contributed by atoms with Gasteiger partial charge in [0.1, 0.15) is 6.10 Å². The number of urea groups is 1. The van der Waals surface area contributed by atoms with E-state index >= 15 is 0 Å². The topological polar surface area (TPSA) is 61.9 Å². The van der Waals surface area contributed by atoms with Crippen molar-refractivity contribution < 1.29 is 14.3 Å². The Bertz CT molecular complexity index is 651. The number of rotatable bonds is 2. The molecule has 1 spiro atoms. The molecule has 2 fully saturated rings. The molecule has 1 aromatic rings. The van der Waals surface area contributed by atoms with Crippen molar-refractivity contribution in [2.75, 3.05) is 32.5 Å². The lowest BCUT2D eigenvalue weighted by atomic mass is 9.88. The quantitative estimate of drug-likeness (QED) is 0.896. The number of amides is 3. The molecule has 136 valence electrons. The first-order valence-corrected chi connectivity index (χ1v) is 8.90. The number of hydrogen-bond donors (Lipinski definition) is 1. The lowest BCUT2D eigenvalue weighted by molar-refractivity contribution is -0.148. The molecule has 0 aliphatic carbocycles. The summed E-state index contributed by atoms with van der Waals surface area (Å²) in [5, 5.41) is 2.96. The molecule has 0 bridgehead atoms. The summed E-state index contributed by atoms with van der Waals surface area (Å²) < 4.78 is 6.13. The van der Waals surface area contributed by atoms with Crippen LogP contribution in [0.1, 0.15) is 31.2 Å². The second-order valence-electron chi connectivity index (χ2n) is 7.35. The van der Waals surface area contributed by atoms with E-state index in [1.54, 1.807) is 19.0 Å². The summed E-state index contributed by atoms with van der Waals surface area (Å²) in [7, 11) is 3.52. The summed E-state index contributed by atoms with van der Waals surface area (Å²) in [6.45, 7) is 3.31. The highest BCUT2D eigenvalue weighted by molar-refractivity contribution is 5.89.